The lowest BCUT2D eigenvalue weighted by molar-refractivity contribution is 0.284. The molecule has 0 atom stereocenters. The van der Waals surface area contributed by atoms with Crippen molar-refractivity contribution < 1.29 is 13.5 Å². The number of anilines is 1. The van der Waals surface area contributed by atoms with Crippen LogP contribution in [0.5, 0.6) is 5.75 Å². The number of hydrogen-bond donors (Lipinski definition) is 1. The minimum Gasteiger partial charge on any atom is -0.486 e. The van der Waals surface area contributed by atoms with Gasteiger partial charge in [-0.15, -0.1) is 0 Å². The molecule has 0 radical (unpaired) electrons. The van der Waals surface area contributed by atoms with Gasteiger partial charge in [0.25, 0.3) is 0 Å². The first-order valence-electron chi connectivity index (χ1n) is 5.88. The van der Waals surface area contributed by atoms with Crippen LogP contribution in [-0.4, -0.2) is 0 Å². The Morgan fingerprint density at radius 3 is 2.60 bits per heavy atom. The molecular weight excluding hydrogens is 262 g/mol. The SMILES string of the molecule is Cc1cc(OCc2ccc(C#N)cc2F)c(F)cc1N. The summed E-state index contributed by atoms with van der Waals surface area (Å²) in [4.78, 5) is 0. The largest absolute Gasteiger partial charge is 0.486 e. The minimum atomic E-state index is -0.595. The van der Waals surface area contributed by atoms with Crippen molar-refractivity contribution >= 4 is 5.69 Å². The van der Waals surface area contributed by atoms with Gasteiger partial charge in [-0.2, -0.15) is 5.26 Å². The molecule has 3 nitrogen and oxygen atoms in total. The molecule has 2 N–H and O–H groups in total. The van der Waals surface area contributed by atoms with E-state index >= 15 is 0 Å². The van der Waals surface area contributed by atoms with Crippen LogP contribution < -0.4 is 10.5 Å². The minimum absolute atomic E-state index is 0.0143. The number of nitrogen functional groups attached to an aromatic ring is 1. The van der Waals surface area contributed by atoms with E-state index in [4.69, 9.17) is 15.7 Å². The van der Waals surface area contributed by atoms with Gasteiger partial charge in [-0.25, -0.2) is 8.78 Å². The van der Waals surface area contributed by atoms with Gasteiger partial charge in [0.1, 0.15) is 12.4 Å². The summed E-state index contributed by atoms with van der Waals surface area (Å²) in [7, 11) is 0. The Morgan fingerprint density at radius 1 is 1.20 bits per heavy atom. The summed E-state index contributed by atoms with van der Waals surface area (Å²) in [5, 5.41) is 8.64. The van der Waals surface area contributed by atoms with Crippen molar-refractivity contribution in [2.24, 2.45) is 0 Å². The van der Waals surface area contributed by atoms with Crippen LogP contribution in [-0.2, 0) is 6.61 Å². The standard InChI is InChI=1S/C15H12F2N2O/c1-9-4-15(13(17)6-14(9)19)20-8-11-3-2-10(7-18)5-12(11)16/h2-6H,8,19H2,1H3. The van der Waals surface area contributed by atoms with Crippen LogP contribution in [0.4, 0.5) is 14.5 Å². The normalized spacial score (nSPS) is 10.1. The molecule has 0 saturated carbocycles. The Bertz CT molecular complexity index is 693. The Labute approximate surface area is 115 Å². The zero-order chi connectivity index (χ0) is 14.7. The van der Waals surface area contributed by atoms with E-state index in [0.29, 0.717) is 11.3 Å². The second-order valence-corrected chi connectivity index (χ2v) is 4.35. The summed E-state index contributed by atoms with van der Waals surface area (Å²) < 4.78 is 32.5. The van der Waals surface area contributed by atoms with Crippen LogP contribution in [0.25, 0.3) is 0 Å². The lowest BCUT2D eigenvalue weighted by Gasteiger charge is -2.10. The third kappa shape index (κ3) is 2.86. The Hall–Kier alpha value is -2.61. The van der Waals surface area contributed by atoms with E-state index in [2.05, 4.69) is 0 Å². The van der Waals surface area contributed by atoms with Crippen molar-refractivity contribution in [1.82, 2.24) is 0 Å². The van der Waals surface area contributed by atoms with Crippen LogP contribution in [0.3, 0.4) is 0 Å². The van der Waals surface area contributed by atoms with Crippen molar-refractivity contribution in [1.29, 1.82) is 5.26 Å². The molecular formula is C15H12F2N2O. The Balaban J connectivity index is 2.17. The van der Waals surface area contributed by atoms with E-state index in [1.54, 1.807) is 6.92 Å². The summed E-state index contributed by atoms with van der Waals surface area (Å²) in [5.41, 5.74) is 7.05. The van der Waals surface area contributed by atoms with E-state index in [1.165, 1.54) is 24.3 Å². The predicted octanol–water partition coefficient (Wildman–Crippen LogP) is 3.31. The highest BCUT2D eigenvalue weighted by Crippen LogP contribution is 2.24. The number of rotatable bonds is 3. The quantitative estimate of drug-likeness (QED) is 0.873. The molecule has 0 bridgehead atoms. The zero-order valence-electron chi connectivity index (χ0n) is 10.8. The fourth-order valence-corrected chi connectivity index (χ4v) is 1.67. The molecule has 2 aromatic carbocycles. The van der Waals surface area contributed by atoms with Gasteiger partial charge in [0, 0.05) is 17.3 Å². The highest BCUT2D eigenvalue weighted by Gasteiger charge is 2.09. The highest BCUT2D eigenvalue weighted by molar-refractivity contribution is 5.50. The van der Waals surface area contributed by atoms with Crippen LogP contribution in [0, 0.1) is 29.9 Å². The van der Waals surface area contributed by atoms with Crippen molar-refractivity contribution in [3.63, 3.8) is 0 Å². The average molecular weight is 274 g/mol. The van der Waals surface area contributed by atoms with Crippen molar-refractivity contribution in [2.75, 3.05) is 5.73 Å². The van der Waals surface area contributed by atoms with Gasteiger partial charge in [0.15, 0.2) is 11.6 Å². The van der Waals surface area contributed by atoms with Crippen LogP contribution in [0.1, 0.15) is 16.7 Å². The van der Waals surface area contributed by atoms with Crippen molar-refractivity contribution in [2.45, 2.75) is 13.5 Å². The summed E-state index contributed by atoms with van der Waals surface area (Å²) in [6.07, 6.45) is 0. The van der Waals surface area contributed by atoms with Gasteiger partial charge in [0.05, 0.1) is 11.6 Å². The second-order valence-electron chi connectivity index (χ2n) is 4.35. The number of ether oxygens (including phenoxy) is 1. The van der Waals surface area contributed by atoms with Gasteiger partial charge >= 0.3 is 0 Å². The van der Waals surface area contributed by atoms with E-state index in [1.807, 2.05) is 6.07 Å². The Morgan fingerprint density at radius 2 is 1.95 bits per heavy atom. The molecule has 0 unspecified atom stereocenters. The molecule has 0 amide bonds. The molecule has 0 heterocycles. The lowest BCUT2D eigenvalue weighted by atomic mass is 10.1. The number of nitrogens with zero attached hydrogens (tertiary/aromatic N) is 1. The molecule has 0 aliphatic carbocycles. The maximum Gasteiger partial charge on any atom is 0.167 e. The molecule has 5 heteroatoms. The third-order valence-electron chi connectivity index (χ3n) is 2.89. The summed E-state index contributed by atoms with van der Waals surface area (Å²) in [6.45, 7) is 1.60. The third-order valence-corrected chi connectivity index (χ3v) is 2.89. The van der Waals surface area contributed by atoms with Gasteiger partial charge in [0.2, 0.25) is 0 Å². The summed E-state index contributed by atoms with van der Waals surface area (Å²) >= 11 is 0. The molecule has 0 aliphatic heterocycles. The molecule has 2 rings (SSSR count). The van der Waals surface area contributed by atoms with E-state index < -0.39 is 11.6 Å². The van der Waals surface area contributed by atoms with Gasteiger partial charge in [-0.1, -0.05) is 6.07 Å². The molecule has 2 aromatic rings. The fraction of sp³-hybridized carbons (Fsp3) is 0.133. The van der Waals surface area contributed by atoms with Gasteiger partial charge < -0.3 is 10.5 Å². The second kappa shape index (κ2) is 5.57. The van der Waals surface area contributed by atoms with Crippen LogP contribution in [0.15, 0.2) is 30.3 Å². The first-order valence-corrected chi connectivity index (χ1v) is 5.88. The fourth-order valence-electron chi connectivity index (χ4n) is 1.67. The topological polar surface area (TPSA) is 59.0 Å². The Kier molecular flexibility index (Phi) is 3.85. The first-order chi connectivity index (χ1) is 9.51. The monoisotopic (exact) mass is 274 g/mol. The smallest absolute Gasteiger partial charge is 0.167 e. The number of hydrogen-bond acceptors (Lipinski definition) is 3. The van der Waals surface area contributed by atoms with Crippen LogP contribution in [0.2, 0.25) is 0 Å². The van der Waals surface area contributed by atoms with E-state index in [9.17, 15) is 8.78 Å². The number of halogens is 2. The zero-order valence-corrected chi connectivity index (χ0v) is 10.8. The van der Waals surface area contributed by atoms with Crippen LogP contribution >= 0.6 is 0 Å². The molecule has 0 saturated heterocycles. The molecule has 0 aromatic heterocycles. The number of benzene rings is 2. The summed E-state index contributed by atoms with van der Waals surface area (Å²) in [5.74, 6) is -1.14. The van der Waals surface area contributed by atoms with Gasteiger partial charge in [-0.05, 0) is 30.7 Å². The highest BCUT2D eigenvalue weighted by atomic mass is 19.1. The lowest BCUT2D eigenvalue weighted by Crippen LogP contribution is -2.02. The molecule has 0 fully saturated rings. The van der Waals surface area contributed by atoms with E-state index in [0.717, 1.165) is 6.07 Å². The molecule has 0 aliphatic rings. The van der Waals surface area contributed by atoms with Crippen molar-refractivity contribution in [3.8, 4) is 11.8 Å². The van der Waals surface area contributed by atoms with E-state index in [-0.39, 0.29) is 23.5 Å². The number of nitriles is 1. The summed E-state index contributed by atoms with van der Waals surface area (Å²) in [6, 6.07) is 8.50. The first kappa shape index (κ1) is 13.8. The molecule has 0 spiro atoms. The van der Waals surface area contributed by atoms with Crippen molar-refractivity contribution in [3.05, 3.63) is 58.7 Å². The molecule has 102 valence electrons. The molecule has 20 heavy (non-hydrogen) atoms. The maximum absolute atomic E-state index is 13.6. The maximum atomic E-state index is 13.6. The van der Waals surface area contributed by atoms with Gasteiger partial charge in [-0.3, -0.25) is 0 Å². The average Bonchev–Trinajstić information content (AvgIpc) is 2.42. The predicted molar refractivity (Wildman–Crippen MR) is 71.0 cm³/mol. The number of aryl methyl sites for hydroxylation is 1. The number of nitrogens with two attached hydrogens (primary N) is 1.